The molecule has 1 aromatic heterocycles. The second kappa shape index (κ2) is 11.8. The van der Waals surface area contributed by atoms with Crippen LogP contribution in [0.5, 0.6) is 0 Å². The van der Waals surface area contributed by atoms with E-state index in [0.717, 1.165) is 59.5 Å². The van der Waals surface area contributed by atoms with Crippen molar-refractivity contribution in [3.05, 3.63) is 160 Å². The maximum atomic E-state index is 13.2. The molecule has 0 bridgehead atoms. The van der Waals surface area contributed by atoms with E-state index in [1.54, 1.807) is 0 Å². The molecule has 1 aliphatic rings. The minimum atomic E-state index is -4.43. The second-order valence-electron chi connectivity index (χ2n) is 10.7. The lowest BCUT2D eigenvalue weighted by atomic mass is 9.76. The third-order valence-corrected chi connectivity index (χ3v) is 8.51. The van der Waals surface area contributed by atoms with E-state index < -0.39 is 17.3 Å². The molecule has 0 amide bonds. The van der Waals surface area contributed by atoms with Gasteiger partial charge in [0.1, 0.15) is 5.54 Å². The molecular weight excluding hydrogens is 557 g/mol. The van der Waals surface area contributed by atoms with Gasteiger partial charge in [-0.15, -0.1) is 0 Å². The largest absolute Gasteiger partial charge is 0.416 e. The Hall–Kier alpha value is -3.87. The van der Waals surface area contributed by atoms with Crippen LogP contribution in [0.1, 0.15) is 45.6 Å². The van der Waals surface area contributed by atoms with Crippen LogP contribution in [0.3, 0.4) is 0 Å². The van der Waals surface area contributed by atoms with E-state index in [2.05, 4.69) is 77.4 Å². The van der Waals surface area contributed by atoms with Crippen LogP contribution in [0, 0.1) is 5.92 Å². The molecule has 0 N–H and O–H groups in total. The SMILES string of the molecule is FC(F)(F)c1ccc(Cl)c(COCC2CCc3ncn(C(c4ccccc4)(c4ccccc4)c4ccccc4)c3C2)c1. The first-order valence-corrected chi connectivity index (χ1v) is 14.4. The summed E-state index contributed by atoms with van der Waals surface area (Å²) in [5.41, 5.74) is 4.54. The Morgan fingerprint density at radius 2 is 1.36 bits per heavy atom. The van der Waals surface area contributed by atoms with Crippen LogP contribution in [0.4, 0.5) is 13.2 Å². The number of hydrogen-bond acceptors (Lipinski definition) is 2. The van der Waals surface area contributed by atoms with Crippen molar-refractivity contribution < 1.29 is 17.9 Å². The lowest BCUT2D eigenvalue weighted by Gasteiger charge is -2.39. The number of alkyl halides is 3. The summed E-state index contributed by atoms with van der Waals surface area (Å²) in [6, 6.07) is 34.8. The summed E-state index contributed by atoms with van der Waals surface area (Å²) in [4.78, 5) is 4.90. The summed E-state index contributed by atoms with van der Waals surface area (Å²) in [5, 5.41) is 0.269. The van der Waals surface area contributed by atoms with Gasteiger partial charge < -0.3 is 9.30 Å². The number of nitrogens with zero attached hydrogens (tertiary/aromatic N) is 2. The summed E-state index contributed by atoms with van der Waals surface area (Å²) in [5.74, 6) is 0.178. The molecule has 0 fully saturated rings. The standard InChI is InChI=1S/C35H30ClF3N2O/c36-31-18-17-30(35(37,38)39)21-26(31)23-42-22-25-16-19-32-33(20-25)41(24-40-32)34(27-10-4-1-5-11-27,28-12-6-2-7-13-28)29-14-8-3-9-15-29/h1-15,17-18,21,24-25H,16,19-20,22-23H2. The molecule has 3 nitrogen and oxygen atoms in total. The molecule has 0 saturated heterocycles. The first-order chi connectivity index (χ1) is 20.4. The van der Waals surface area contributed by atoms with Gasteiger partial charge in [-0.05, 0) is 65.6 Å². The molecule has 42 heavy (non-hydrogen) atoms. The van der Waals surface area contributed by atoms with Gasteiger partial charge in [0, 0.05) is 10.7 Å². The van der Waals surface area contributed by atoms with Crippen molar-refractivity contribution in [1.29, 1.82) is 0 Å². The van der Waals surface area contributed by atoms with Crippen LogP contribution in [0.25, 0.3) is 0 Å². The quantitative estimate of drug-likeness (QED) is 0.170. The number of benzene rings is 4. The predicted molar refractivity (Wildman–Crippen MR) is 158 cm³/mol. The van der Waals surface area contributed by atoms with Crippen molar-refractivity contribution in [3.63, 3.8) is 0 Å². The molecule has 214 valence electrons. The molecule has 0 aliphatic heterocycles. The van der Waals surface area contributed by atoms with Crippen LogP contribution in [-0.2, 0) is 35.9 Å². The number of aromatic nitrogens is 2. The zero-order valence-corrected chi connectivity index (χ0v) is 23.7. The van der Waals surface area contributed by atoms with Crippen molar-refractivity contribution in [2.45, 2.75) is 37.6 Å². The van der Waals surface area contributed by atoms with Gasteiger partial charge in [-0.2, -0.15) is 13.2 Å². The summed E-state index contributed by atoms with van der Waals surface area (Å²) >= 11 is 6.21. The van der Waals surface area contributed by atoms with E-state index in [1.807, 2.05) is 24.5 Å². The summed E-state index contributed by atoms with van der Waals surface area (Å²) in [6.07, 6.45) is -0.0477. The minimum absolute atomic E-state index is 0.0212. The molecule has 0 saturated carbocycles. The summed E-state index contributed by atoms with van der Waals surface area (Å²) in [7, 11) is 0. The molecule has 1 unspecified atom stereocenters. The van der Waals surface area contributed by atoms with Crippen LogP contribution in [0.15, 0.2) is 116 Å². The molecule has 4 aromatic carbocycles. The second-order valence-corrected chi connectivity index (χ2v) is 11.2. The maximum Gasteiger partial charge on any atom is 0.416 e. The number of imidazole rings is 1. The van der Waals surface area contributed by atoms with Crippen molar-refractivity contribution in [2.24, 2.45) is 5.92 Å². The van der Waals surface area contributed by atoms with Crippen molar-refractivity contribution in [1.82, 2.24) is 9.55 Å². The number of ether oxygens (including phenoxy) is 1. The monoisotopic (exact) mass is 586 g/mol. The Labute approximate surface area is 248 Å². The van der Waals surface area contributed by atoms with Crippen molar-refractivity contribution >= 4 is 11.6 Å². The molecule has 1 atom stereocenters. The third-order valence-electron chi connectivity index (χ3n) is 8.14. The van der Waals surface area contributed by atoms with Gasteiger partial charge in [-0.25, -0.2) is 4.98 Å². The van der Waals surface area contributed by atoms with Crippen molar-refractivity contribution in [2.75, 3.05) is 6.61 Å². The normalized spacial score (nSPS) is 15.4. The fourth-order valence-corrected chi connectivity index (χ4v) is 6.31. The van der Waals surface area contributed by atoms with E-state index in [1.165, 1.54) is 6.07 Å². The highest BCUT2D eigenvalue weighted by atomic mass is 35.5. The highest BCUT2D eigenvalue weighted by Crippen LogP contribution is 2.43. The topological polar surface area (TPSA) is 27.1 Å². The Kier molecular flexibility index (Phi) is 7.93. The van der Waals surface area contributed by atoms with Gasteiger partial charge in [0.25, 0.3) is 0 Å². The number of halogens is 4. The zero-order chi connectivity index (χ0) is 29.2. The first-order valence-electron chi connectivity index (χ1n) is 14.0. The van der Waals surface area contributed by atoms with Gasteiger partial charge in [-0.1, -0.05) is 103 Å². The van der Waals surface area contributed by atoms with Gasteiger partial charge >= 0.3 is 6.18 Å². The first kappa shape index (κ1) is 28.3. The maximum absolute atomic E-state index is 13.2. The van der Waals surface area contributed by atoms with Gasteiger partial charge in [0.05, 0.1) is 30.8 Å². The minimum Gasteiger partial charge on any atom is -0.376 e. The van der Waals surface area contributed by atoms with E-state index in [0.29, 0.717) is 12.2 Å². The van der Waals surface area contributed by atoms with Gasteiger partial charge in [0.2, 0.25) is 0 Å². The van der Waals surface area contributed by atoms with Crippen LogP contribution >= 0.6 is 11.6 Å². The van der Waals surface area contributed by atoms with E-state index in [9.17, 15) is 13.2 Å². The van der Waals surface area contributed by atoms with Crippen LogP contribution in [-0.4, -0.2) is 16.2 Å². The molecule has 0 spiro atoms. The number of aryl methyl sites for hydroxylation is 1. The predicted octanol–water partition coefficient (Wildman–Crippen LogP) is 8.72. The molecule has 1 aliphatic carbocycles. The van der Waals surface area contributed by atoms with Crippen LogP contribution < -0.4 is 0 Å². The van der Waals surface area contributed by atoms with Crippen LogP contribution in [0.2, 0.25) is 5.02 Å². The Morgan fingerprint density at radius 1 is 0.786 bits per heavy atom. The molecule has 6 rings (SSSR count). The third kappa shape index (κ3) is 5.37. The van der Waals surface area contributed by atoms with Crippen molar-refractivity contribution in [3.8, 4) is 0 Å². The smallest absolute Gasteiger partial charge is 0.376 e. The Bertz CT molecular complexity index is 1540. The fraction of sp³-hybridized carbons (Fsp3) is 0.229. The summed E-state index contributed by atoms with van der Waals surface area (Å²) in [6.45, 7) is 0.430. The summed E-state index contributed by atoms with van der Waals surface area (Å²) < 4.78 is 48.0. The Balaban J connectivity index is 1.34. The lowest BCUT2D eigenvalue weighted by Crippen LogP contribution is -2.39. The number of fused-ring (bicyclic) bond motifs is 1. The molecular formula is C35H30ClF3N2O. The Morgan fingerprint density at radius 3 is 1.90 bits per heavy atom. The fourth-order valence-electron chi connectivity index (χ4n) is 6.14. The molecule has 0 radical (unpaired) electrons. The number of hydrogen-bond donors (Lipinski definition) is 0. The molecule has 5 aromatic rings. The van der Waals surface area contributed by atoms with E-state index in [-0.39, 0.29) is 17.5 Å². The molecule has 7 heteroatoms. The molecule has 1 heterocycles. The van der Waals surface area contributed by atoms with E-state index in [4.69, 9.17) is 21.3 Å². The number of rotatable bonds is 8. The van der Waals surface area contributed by atoms with Gasteiger partial charge in [0.15, 0.2) is 0 Å². The highest BCUT2D eigenvalue weighted by molar-refractivity contribution is 6.31. The lowest BCUT2D eigenvalue weighted by molar-refractivity contribution is -0.137. The average Bonchev–Trinajstić information content (AvgIpc) is 3.43. The average molecular weight is 587 g/mol. The zero-order valence-electron chi connectivity index (χ0n) is 22.9. The van der Waals surface area contributed by atoms with E-state index >= 15 is 0 Å². The van der Waals surface area contributed by atoms with Gasteiger partial charge in [-0.3, -0.25) is 0 Å². The highest BCUT2D eigenvalue weighted by Gasteiger charge is 2.41.